The normalized spacial score (nSPS) is 14.6. The molecule has 0 bridgehead atoms. The molecule has 0 spiro atoms. The number of hydrogen-bond acceptors (Lipinski definition) is 1. The molecule has 0 amide bonds. The van der Waals surface area contributed by atoms with Crippen molar-refractivity contribution in [1.29, 1.82) is 0 Å². The molecule has 0 saturated heterocycles. The van der Waals surface area contributed by atoms with Gasteiger partial charge in [-0.15, -0.1) is 0 Å². The molecule has 0 N–H and O–H groups in total. The molecule has 2 aromatic rings. The fourth-order valence-corrected chi connectivity index (χ4v) is 3.02. The lowest BCUT2D eigenvalue weighted by Gasteiger charge is -2.15. The third-order valence-electron chi connectivity index (χ3n) is 3.44. The summed E-state index contributed by atoms with van der Waals surface area (Å²) >= 11 is 3.49. The van der Waals surface area contributed by atoms with Crippen molar-refractivity contribution in [3.8, 4) is 0 Å². The summed E-state index contributed by atoms with van der Waals surface area (Å²) in [5.41, 5.74) is 3.38. The summed E-state index contributed by atoms with van der Waals surface area (Å²) in [6, 6.07) is 10.3. The minimum atomic E-state index is 0.296. The van der Waals surface area contributed by atoms with Gasteiger partial charge in [0.2, 0.25) is 0 Å². The fraction of sp³-hybridized carbons (Fsp3) is 0.267. The second-order valence-corrected chi connectivity index (χ2v) is 5.63. The van der Waals surface area contributed by atoms with E-state index in [4.69, 9.17) is 0 Å². The molecule has 1 aromatic carbocycles. The predicted molar refractivity (Wildman–Crippen MR) is 74.9 cm³/mol. The summed E-state index contributed by atoms with van der Waals surface area (Å²) in [4.78, 5) is 11.8. The van der Waals surface area contributed by atoms with E-state index in [-0.39, 0.29) is 0 Å². The van der Waals surface area contributed by atoms with Crippen LogP contribution in [0.5, 0.6) is 0 Å². The molecular formula is C15H14BrNO. The van der Waals surface area contributed by atoms with Crippen molar-refractivity contribution < 1.29 is 4.79 Å². The number of Topliss-reactive ketones (excluding diaryl/α,β-unsaturated/α-hetero) is 1. The molecule has 1 aliphatic carbocycles. The fourth-order valence-electron chi connectivity index (χ4n) is 2.57. The predicted octanol–water partition coefficient (Wildman–Crippen LogP) is 3.82. The van der Waals surface area contributed by atoms with Gasteiger partial charge in [0.1, 0.15) is 0 Å². The highest BCUT2D eigenvalue weighted by Gasteiger charge is 2.20. The second-order valence-electron chi connectivity index (χ2n) is 4.71. The van der Waals surface area contributed by atoms with Gasteiger partial charge >= 0.3 is 0 Å². The highest BCUT2D eigenvalue weighted by molar-refractivity contribution is 9.10. The number of carbonyl (C=O) groups excluding carboxylic acids is 1. The molecule has 18 heavy (non-hydrogen) atoms. The third-order valence-corrected chi connectivity index (χ3v) is 3.93. The number of benzene rings is 1. The summed E-state index contributed by atoms with van der Waals surface area (Å²) in [6.45, 7) is 0.835. The molecule has 0 fully saturated rings. The Morgan fingerprint density at radius 2 is 2.11 bits per heavy atom. The van der Waals surface area contributed by atoms with Crippen molar-refractivity contribution in [1.82, 2.24) is 4.57 Å². The minimum Gasteiger partial charge on any atom is -0.346 e. The maximum absolute atomic E-state index is 11.8. The zero-order valence-corrected chi connectivity index (χ0v) is 11.6. The maximum atomic E-state index is 11.8. The van der Waals surface area contributed by atoms with E-state index in [1.165, 1.54) is 11.3 Å². The van der Waals surface area contributed by atoms with Gasteiger partial charge in [-0.2, -0.15) is 0 Å². The molecule has 3 rings (SSSR count). The van der Waals surface area contributed by atoms with Crippen LogP contribution in [0.15, 0.2) is 41.0 Å². The largest absolute Gasteiger partial charge is 0.346 e. The van der Waals surface area contributed by atoms with E-state index < -0.39 is 0 Å². The van der Waals surface area contributed by atoms with Gasteiger partial charge in [0.25, 0.3) is 0 Å². The molecule has 0 unspecified atom stereocenters. The van der Waals surface area contributed by atoms with Crippen LogP contribution >= 0.6 is 15.9 Å². The lowest BCUT2D eigenvalue weighted by molar-refractivity contribution is 0.0972. The topological polar surface area (TPSA) is 22.0 Å². The maximum Gasteiger partial charge on any atom is 0.164 e. The Morgan fingerprint density at radius 1 is 1.22 bits per heavy atom. The number of hydrogen-bond donors (Lipinski definition) is 0. The van der Waals surface area contributed by atoms with Crippen molar-refractivity contribution in [2.45, 2.75) is 25.8 Å². The molecule has 3 heteroatoms. The Kier molecular flexibility index (Phi) is 3.08. The summed E-state index contributed by atoms with van der Waals surface area (Å²) in [7, 11) is 0. The van der Waals surface area contributed by atoms with Crippen molar-refractivity contribution >= 4 is 21.7 Å². The van der Waals surface area contributed by atoms with Crippen molar-refractivity contribution in [3.05, 3.63) is 57.8 Å². The first-order chi connectivity index (χ1) is 8.74. The van der Waals surface area contributed by atoms with Crippen molar-refractivity contribution in [2.24, 2.45) is 0 Å². The Hall–Kier alpha value is -1.35. The van der Waals surface area contributed by atoms with Crippen LogP contribution in [0.2, 0.25) is 0 Å². The summed E-state index contributed by atoms with van der Waals surface area (Å²) in [5.74, 6) is 0.296. The highest BCUT2D eigenvalue weighted by Crippen LogP contribution is 2.23. The molecule has 0 saturated carbocycles. The molecule has 2 nitrogen and oxygen atoms in total. The Labute approximate surface area is 115 Å². The van der Waals surface area contributed by atoms with Crippen LogP contribution < -0.4 is 0 Å². The smallest absolute Gasteiger partial charge is 0.164 e. The molecular weight excluding hydrogens is 290 g/mol. The van der Waals surface area contributed by atoms with E-state index in [0.717, 1.165) is 29.4 Å². The molecule has 0 atom stereocenters. The van der Waals surface area contributed by atoms with Gasteiger partial charge in [-0.05, 0) is 36.6 Å². The van der Waals surface area contributed by atoms with E-state index in [1.807, 2.05) is 24.4 Å². The molecule has 0 aliphatic heterocycles. The van der Waals surface area contributed by atoms with Gasteiger partial charge in [0.05, 0.1) is 0 Å². The zero-order chi connectivity index (χ0) is 12.5. The molecule has 1 aromatic heterocycles. The first-order valence-electron chi connectivity index (χ1n) is 6.20. The van der Waals surface area contributed by atoms with Crippen LogP contribution in [0, 0.1) is 0 Å². The monoisotopic (exact) mass is 303 g/mol. The standard InChI is InChI=1S/C15H14BrNO/c16-12-4-1-3-11(9-12)10-17-8-7-13-14(17)5-2-6-15(13)18/h1,3-4,7-9H,2,5-6,10H2. The second kappa shape index (κ2) is 4.73. The van der Waals surface area contributed by atoms with Crippen LogP contribution in [0.3, 0.4) is 0 Å². The molecule has 92 valence electrons. The van der Waals surface area contributed by atoms with Gasteiger partial charge in [-0.1, -0.05) is 28.1 Å². The van der Waals surface area contributed by atoms with Crippen LogP contribution in [0.25, 0.3) is 0 Å². The van der Waals surface area contributed by atoms with Gasteiger partial charge in [-0.3, -0.25) is 4.79 Å². The summed E-state index contributed by atoms with van der Waals surface area (Å²) in [5, 5.41) is 0. The van der Waals surface area contributed by atoms with Gasteiger partial charge in [-0.25, -0.2) is 0 Å². The molecule has 0 radical (unpaired) electrons. The lowest BCUT2D eigenvalue weighted by atomic mass is 9.97. The number of aromatic nitrogens is 1. The van der Waals surface area contributed by atoms with E-state index >= 15 is 0 Å². The van der Waals surface area contributed by atoms with Crippen LogP contribution in [-0.4, -0.2) is 10.4 Å². The highest BCUT2D eigenvalue weighted by atomic mass is 79.9. The average molecular weight is 304 g/mol. The summed E-state index contributed by atoms with van der Waals surface area (Å²) in [6.07, 6.45) is 4.74. The Bertz CT molecular complexity index is 600. The molecule has 1 aliphatic rings. The lowest BCUT2D eigenvalue weighted by Crippen LogP contribution is -2.13. The molecule has 1 heterocycles. The quantitative estimate of drug-likeness (QED) is 0.827. The number of carbonyl (C=O) groups is 1. The zero-order valence-electron chi connectivity index (χ0n) is 10.0. The SMILES string of the molecule is O=C1CCCc2c1ccn2Cc1cccc(Br)c1. The Balaban J connectivity index is 1.92. The number of rotatable bonds is 2. The van der Waals surface area contributed by atoms with E-state index in [1.54, 1.807) is 0 Å². The van der Waals surface area contributed by atoms with Crippen LogP contribution in [0.4, 0.5) is 0 Å². The van der Waals surface area contributed by atoms with Crippen molar-refractivity contribution in [3.63, 3.8) is 0 Å². The van der Waals surface area contributed by atoms with Gasteiger partial charge < -0.3 is 4.57 Å². The number of nitrogens with zero attached hydrogens (tertiary/aromatic N) is 1. The van der Waals surface area contributed by atoms with E-state index in [0.29, 0.717) is 12.2 Å². The minimum absolute atomic E-state index is 0.296. The third kappa shape index (κ3) is 2.15. The average Bonchev–Trinajstić information content (AvgIpc) is 2.74. The van der Waals surface area contributed by atoms with E-state index in [9.17, 15) is 4.79 Å². The summed E-state index contributed by atoms with van der Waals surface area (Å²) < 4.78 is 3.30. The van der Waals surface area contributed by atoms with Crippen LogP contribution in [-0.2, 0) is 13.0 Å². The van der Waals surface area contributed by atoms with Crippen LogP contribution in [0.1, 0.15) is 34.5 Å². The van der Waals surface area contributed by atoms with Crippen molar-refractivity contribution in [2.75, 3.05) is 0 Å². The Morgan fingerprint density at radius 3 is 2.94 bits per heavy atom. The van der Waals surface area contributed by atoms with Gasteiger partial charge in [0, 0.05) is 34.9 Å². The number of halogens is 1. The first kappa shape index (κ1) is 11.7. The number of ketones is 1. The van der Waals surface area contributed by atoms with E-state index in [2.05, 4.69) is 32.6 Å². The van der Waals surface area contributed by atoms with Gasteiger partial charge in [0.15, 0.2) is 5.78 Å². The first-order valence-corrected chi connectivity index (χ1v) is 6.99. The number of fused-ring (bicyclic) bond motifs is 1.